The Balaban J connectivity index is 1.60. The molecule has 37 heavy (non-hydrogen) atoms. The van der Waals surface area contributed by atoms with Crippen molar-refractivity contribution in [1.82, 2.24) is 10.1 Å². The molecule has 0 spiro atoms. The highest BCUT2D eigenvalue weighted by Crippen LogP contribution is 2.25. The molecule has 1 atom stereocenters. The van der Waals surface area contributed by atoms with Gasteiger partial charge in [0.1, 0.15) is 19.0 Å². The minimum atomic E-state index is -3.53. The van der Waals surface area contributed by atoms with Gasteiger partial charge in [-0.1, -0.05) is 59.2 Å². The van der Waals surface area contributed by atoms with E-state index in [1.165, 1.54) is 25.2 Å². The number of benzene rings is 2. The number of ether oxygens (including phenoxy) is 1. The van der Waals surface area contributed by atoms with Crippen LogP contribution in [-0.4, -0.2) is 59.4 Å². The molecular weight excluding hydrogens is 515 g/mol. The Hall–Kier alpha value is -3.57. The molecule has 1 heterocycles. The summed E-state index contributed by atoms with van der Waals surface area (Å²) in [5, 5.41) is 14.9. The molecule has 0 fully saturated rings. The van der Waals surface area contributed by atoms with Crippen LogP contribution in [0.5, 0.6) is 0 Å². The number of hydrogen-bond acceptors (Lipinski definition) is 6. The standard InChI is InChI=1S/C25H25ClF3N3O5/c1-32(22(34)11-10-17-8-5-9-19(27)23(17)26)18(13-25(28,29)15-33)14-36-24(35)30-21-12-20(37-31-21)16-6-3-2-4-7-16/h2-9,12,18,33H,10-11,13-15H2,1H3,(H,30,31,35)/t18-/m0/s1. The van der Waals surface area contributed by atoms with Gasteiger partial charge in [-0.3, -0.25) is 10.1 Å². The number of amides is 2. The number of nitrogens with zero attached hydrogens (tertiary/aromatic N) is 2. The third kappa shape index (κ3) is 7.96. The van der Waals surface area contributed by atoms with Gasteiger partial charge in [-0.05, 0) is 18.1 Å². The second-order valence-electron chi connectivity index (χ2n) is 8.26. The van der Waals surface area contributed by atoms with Crippen LogP contribution in [0.3, 0.4) is 0 Å². The van der Waals surface area contributed by atoms with Crippen molar-refractivity contribution >= 4 is 29.4 Å². The molecule has 3 rings (SSSR count). The number of alkyl halides is 2. The second-order valence-corrected chi connectivity index (χ2v) is 8.63. The van der Waals surface area contributed by atoms with Crippen LogP contribution >= 0.6 is 11.6 Å². The normalized spacial score (nSPS) is 12.2. The first-order valence-corrected chi connectivity index (χ1v) is 11.6. The van der Waals surface area contributed by atoms with E-state index >= 15 is 0 Å². The van der Waals surface area contributed by atoms with Crippen LogP contribution in [-0.2, 0) is 16.0 Å². The summed E-state index contributed by atoms with van der Waals surface area (Å²) >= 11 is 5.91. The zero-order chi connectivity index (χ0) is 27.0. The zero-order valence-corrected chi connectivity index (χ0v) is 20.6. The molecule has 0 aliphatic rings. The first-order valence-electron chi connectivity index (χ1n) is 11.2. The Morgan fingerprint density at radius 1 is 1.22 bits per heavy atom. The van der Waals surface area contributed by atoms with E-state index in [4.69, 9.17) is 26.0 Å². The Morgan fingerprint density at radius 3 is 2.65 bits per heavy atom. The fourth-order valence-electron chi connectivity index (χ4n) is 3.47. The fraction of sp³-hybridized carbons (Fsp3) is 0.320. The molecule has 1 aromatic heterocycles. The van der Waals surface area contributed by atoms with Gasteiger partial charge in [-0.2, -0.15) is 0 Å². The summed E-state index contributed by atoms with van der Waals surface area (Å²) in [6.45, 7) is -2.04. The lowest BCUT2D eigenvalue weighted by atomic mass is 10.1. The molecule has 2 N–H and O–H groups in total. The van der Waals surface area contributed by atoms with E-state index in [1.807, 2.05) is 6.07 Å². The van der Waals surface area contributed by atoms with Gasteiger partial charge in [0.15, 0.2) is 11.6 Å². The number of rotatable bonds is 11. The van der Waals surface area contributed by atoms with Crippen molar-refractivity contribution in [1.29, 1.82) is 0 Å². The van der Waals surface area contributed by atoms with Crippen LogP contribution < -0.4 is 5.32 Å². The molecule has 0 saturated carbocycles. The molecule has 0 aliphatic heterocycles. The van der Waals surface area contributed by atoms with E-state index in [-0.39, 0.29) is 23.7 Å². The number of carbonyl (C=O) groups excluding carboxylic acids is 2. The fourth-order valence-corrected chi connectivity index (χ4v) is 3.69. The summed E-state index contributed by atoms with van der Waals surface area (Å²) in [5.74, 6) is -4.30. The van der Waals surface area contributed by atoms with E-state index in [0.29, 0.717) is 11.3 Å². The largest absolute Gasteiger partial charge is 0.447 e. The van der Waals surface area contributed by atoms with Crippen LogP contribution in [0, 0.1) is 5.82 Å². The Kier molecular flexibility index (Phi) is 9.54. The molecule has 0 aliphatic carbocycles. The summed E-state index contributed by atoms with van der Waals surface area (Å²) in [6.07, 6.45) is -2.05. The number of aliphatic hydroxyl groups is 1. The average molecular weight is 540 g/mol. The quantitative estimate of drug-likeness (QED) is 0.349. The van der Waals surface area contributed by atoms with Crippen LogP contribution in [0.2, 0.25) is 5.02 Å². The predicted molar refractivity (Wildman–Crippen MR) is 130 cm³/mol. The van der Waals surface area contributed by atoms with Crippen molar-refractivity contribution < 1.29 is 37.1 Å². The molecule has 0 unspecified atom stereocenters. The Morgan fingerprint density at radius 2 is 1.95 bits per heavy atom. The molecule has 198 valence electrons. The number of hydrogen-bond donors (Lipinski definition) is 2. The maximum Gasteiger partial charge on any atom is 0.412 e. The molecule has 8 nitrogen and oxygen atoms in total. The van der Waals surface area contributed by atoms with Gasteiger partial charge >= 0.3 is 6.09 Å². The van der Waals surface area contributed by atoms with Gasteiger partial charge in [0.05, 0.1) is 11.1 Å². The highest BCUT2D eigenvalue weighted by atomic mass is 35.5. The van der Waals surface area contributed by atoms with Gasteiger partial charge in [0, 0.05) is 31.5 Å². The van der Waals surface area contributed by atoms with E-state index in [1.54, 1.807) is 30.3 Å². The van der Waals surface area contributed by atoms with E-state index in [2.05, 4.69) is 10.5 Å². The number of aromatic nitrogens is 1. The Bertz CT molecular complexity index is 1210. The minimum absolute atomic E-state index is 0.0393. The molecule has 12 heteroatoms. The number of aryl methyl sites for hydroxylation is 1. The van der Waals surface area contributed by atoms with Gasteiger partial charge in [-0.25, -0.2) is 18.0 Å². The molecule has 0 bridgehead atoms. The van der Waals surface area contributed by atoms with Gasteiger partial charge in [-0.15, -0.1) is 0 Å². The zero-order valence-electron chi connectivity index (χ0n) is 19.8. The number of likely N-dealkylation sites (N-methyl/N-ethyl adjacent to an activating group) is 1. The lowest BCUT2D eigenvalue weighted by Gasteiger charge is -2.30. The van der Waals surface area contributed by atoms with Crippen LogP contribution in [0.25, 0.3) is 11.3 Å². The highest BCUT2D eigenvalue weighted by Gasteiger charge is 2.35. The van der Waals surface area contributed by atoms with E-state index < -0.39 is 49.4 Å². The van der Waals surface area contributed by atoms with E-state index in [9.17, 15) is 22.8 Å². The summed E-state index contributed by atoms with van der Waals surface area (Å²) in [4.78, 5) is 26.0. The first kappa shape index (κ1) is 28.0. The number of anilines is 1. The van der Waals surface area contributed by atoms with Crippen molar-refractivity contribution in [2.75, 3.05) is 25.6 Å². The Labute approximate surface area is 216 Å². The molecule has 0 saturated heterocycles. The number of halogens is 4. The van der Waals surface area contributed by atoms with Gasteiger partial charge in [0.25, 0.3) is 5.92 Å². The smallest absolute Gasteiger partial charge is 0.412 e. The molecule has 2 aromatic carbocycles. The SMILES string of the molecule is CN(C(=O)CCc1cccc(F)c1Cl)[C@H](COC(=O)Nc1cc(-c2ccccc2)on1)CC(F)(F)CO. The van der Waals surface area contributed by atoms with Crippen molar-refractivity contribution in [3.63, 3.8) is 0 Å². The second kappa shape index (κ2) is 12.6. The topological polar surface area (TPSA) is 105 Å². The lowest BCUT2D eigenvalue weighted by molar-refractivity contribution is -0.136. The lowest BCUT2D eigenvalue weighted by Crippen LogP contribution is -2.45. The molecule has 3 aromatic rings. The summed E-state index contributed by atoms with van der Waals surface area (Å²) < 4.78 is 51.8. The van der Waals surface area contributed by atoms with Gasteiger partial charge < -0.3 is 19.3 Å². The third-order valence-electron chi connectivity index (χ3n) is 5.55. The number of carbonyl (C=O) groups is 2. The maximum absolute atomic E-state index is 14.0. The highest BCUT2D eigenvalue weighted by molar-refractivity contribution is 6.31. The molecule has 0 radical (unpaired) electrons. The maximum atomic E-state index is 14.0. The van der Waals surface area contributed by atoms with Crippen LogP contribution in [0.4, 0.5) is 23.8 Å². The number of aliphatic hydroxyl groups excluding tert-OH is 1. The molecular formula is C25H25ClF3N3O5. The summed E-state index contributed by atoms with van der Waals surface area (Å²) in [7, 11) is 1.28. The van der Waals surface area contributed by atoms with Gasteiger partial charge in [0.2, 0.25) is 5.91 Å². The molecule has 2 amide bonds. The van der Waals surface area contributed by atoms with Crippen molar-refractivity contribution in [2.45, 2.75) is 31.2 Å². The monoisotopic (exact) mass is 539 g/mol. The average Bonchev–Trinajstić information content (AvgIpc) is 3.35. The van der Waals surface area contributed by atoms with Crippen molar-refractivity contribution in [3.8, 4) is 11.3 Å². The van der Waals surface area contributed by atoms with Crippen LogP contribution in [0.1, 0.15) is 18.4 Å². The van der Waals surface area contributed by atoms with E-state index in [0.717, 1.165) is 10.5 Å². The predicted octanol–water partition coefficient (Wildman–Crippen LogP) is 5.16. The number of nitrogens with one attached hydrogen (secondary N) is 1. The van der Waals surface area contributed by atoms with Crippen LogP contribution in [0.15, 0.2) is 59.1 Å². The third-order valence-corrected chi connectivity index (χ3v) is 5.98. The first-order chi connectivity index (χ1) is 17.6. The van der Waals surface area contributed by atoms with Crippen molar-refractivity contribution in [3.05, 3.63) is 71.0 Å². The minimum Gasteiger partial charge on any atom is -0.447 e. The summed E-state index contributed by atoms with van der Waals surface area (Å²) in [5.41, 5.74) is 1.11. The summed E-state index contributed by atoms with van der Waals surface area (Å²) in [6, 6.07) is 13.4. The van der Waals surface area contributed by atoms with Crippen molar-refractivity contribution in [2.24, 2.45) is 0 Å².